The Bertz CT molecular complexity index is 1340. The first kappa shape index (κ1) is 26.0. The van der Waals surface area contributed by atoms with E-state index in [1.165, 1.54) is 22.3 Å². The van der Waals surface area contributed by atoms with E-state index < -0.39 is 0 Å². The third-order valence-corrected chi connectivity index (χ3v) is 7.41. The van der Waals surface area contributed by atoms with Gasteiger partial charge >= 0.3 is 0 Å². The lowest BCUT2D eigenvalue weighted by Gasteiger charge is -2.30. The minimum absolute atomic E-state index is 0.398. The predicted molar refractivity (Wildman–Crippen MR) is 157 cm³/mol. The average molecular weight is 510 g/mol. The van der Waals surface area contributed by atoms with Gasteiger partial charge in [-0.15, -0.1) is 0 Å². The molecule has 1 saturated carbocycles. The molecule has 0 spiro atoms. The van der Waals surface area contributed by atoms with Gasteiger partial charge in [0, 0.05) is 38.1 Å². The van der Waals surface area contributed by atoms with Gasteiger partial charge in [0.05, 0.1) is 5.52 Å². The summed E-state index contributed by atoms with van der Waals surface area (Å²) in [6.07, 6.45) is 4.50. The minimum atomic E-state index is 0.398. The highest BCUT2D eigenvalue weighted by atomic mass is 16.5. The molecule has 0 aliphatic heterocycles. The van der Waals surface area contributed by atoms with Crippen LogP contribution in [0.3, 0.4) is 0 Å². The number of aryl methyl sites for hydroxylation is 2. The van der Waals surface area contributed by atoms with Gasteiger partial charge in [-0.2, -0.15) is 4.98 Å². The van der Waals surface area contributed by atoms with E-state index in [1.807, 2.05) is 32.3 Å². The van der Waals surface area contributed by atoms with Gasteiger partial charge in [0.2, 0.25) is 5.95 Å². The number of hydrogen-bond acceptors (Lipinski definition) is 6. The minimum Gasteiger partial charge on any atom is -0.488 e. The van der Waals surface area contributed by atoms with Gasteiger partial charge in [-0.05, 0) is 73.9 Å². The maximum atomic E-state index is 6.17. The molecule has 0 saturated heterocycles. The lowest BCUT2D eigenvalue weighted by Crippen LogP contribution is -2.37. The Balaban J connectivity index is 1.13. The van der Waals surface area contributed by atoms with Crippen LogP contribution >= 0.6 is 0 Å². The SMILES string of the molecule is Cc1cc(CNC2CCC(Nc3nc(N(C)C)c4ccccc4n3)CC2)cc(C)c1OCc1ccccc1. The summed E-state index contributed by atoms with van der Waals surface area (Å²) in [6, 6.07) is 24.0. The number of aromatic nitrogens is 2. The van der Waals surface area contributed by atoms with Crippen molar-refractivity contribution >= 4 is 22.7 Å². The molecule has 1 aliphatic carbocycles. The van der Waals surface area contributed by atoms with Gasteiger partial charge in [0.25, 0.3) is 0 Å². The zero-order chi connectivity index (χ0) is 26.5. The third-order valence-electron chi connectivity index (χ3n) is 7.41. The van der Waals surface area contributed by atoms with Crippen molar-refractivity contribution in [3.8, 4) is 5.75 Å². The van der Waals surface area contributed by atoms with E-state index in [4.69, 9.17) is 14.7 Å². The van der Waals surface area contributed by atoms with Gasteiger partial charge < -0.3 is 20.3 Å². The second kappa shape index (κ2) is 11.8. The van der Waals surface area contributed by atoms with Crippen molar-refractivity contribution in [3.63, 3.8) is 0 Å². The maximum absolute atomic E-state index is 6.17. The molecule has 4 aromatic rings. The van der Waals surface area contributed by atoms with E-state index in [9.17, 15) is 0 Å². The molecule has 1 heterocycles. The number of nitrogens with zero attached hydrogens (tertiary/aromatic N) is 3. The summed E-state index contributed by atoms with van der Waals surface area (Å²) in [7, 11) is 4.06. The van der Waals surface area contributed by atoms with E-state index in [-0.39, 0.29) is 0 Å². The summed E-state index contributed by atoms with van der Waals surface area (Å²) in [5.41, 5.74) is 5.86. The molecule has 0 bridgehead atoms. The molecule has 1 aromatic heterocycles. The molecular formula is C32H39N5O. The first-order valence-corrected chi connectivity index (χ1v) is 13.7. The largest absolute Gasteiger partial charge is 0.488 e. The van der Waals surface area contributed by atoms with Crippen LogP contribution in [-0.2, 0) is 13.2 Å². The second-order valence-electron chi connectivity index (χ2n) is 10.7. The van der Waals surface area contributed by atoms with Crippen LogP contribution in [0.25, 0.3) is 10.9 Å². The van der Waals surface area contributed by atoms with Crippen molar-refractivity contribution < 1.29 is 4.74 Å². The molecular weight excluding hydrogens is 470 g/mol. The number of anilines is 2. The quantitative estimate of drug-likeness (QED) is 0.272. The summed E-state index contributed by atoms with van der Waals surface area (Å²) < 4.78 is 6.17. The lowest BCUT2D eigenvalue weighted by atomic mass is 9.91. The Morgan fingerprint density at radius 1 is 0.816 bits per heavy atom. The molecule has 1 aliphatic rings. The predicted octanol–water partition coefficient (Wildman–Crippen LogP) is 6.40. The number of nitrogens with one attached hydrogen (secondary N) is 2. The van der Waals surface area contributed by atoms with Gasteiger partial charge in [-0.25, -0.2) is 4.98 Å². The molecule has 198 valence electrons. The zero-order valence-corrected chi connectivity index (χ0v) is 23.0. The smallest absolute Gasteiger partial charge is 0.225 e. The highest BCUT2D eigenvalue weighted by Gasteiger charge is 2.22. The fraction of sp³-hybridized carbons (Fsp3) is 0.375. The fourth-order valence-corrected chi connectivity index (χ4v) is 5.45. The van der Waals surface area contributed by atoms with Crippen LogP contribution in [0.5, 0.6) is 5.75 Å². The van der Waals surface area contributed by atoms with Crippen LogP contribution in [0.15, 0.2) is 66.7 Å². The molecule has 6 heteroatoms. The summed E-state index contributed by atoms with van der Waals surface area (Å²) >= 11 is 0. The van der Waals surface area contributed by atoms with Crippen LogP contribution in [0.1, 0.15) is 47.9 Å². The van der Waals surface area contributed by atoms with Crippen molar-refractivity contribution in [3.05, 3.63) is 89.0 Å². The molecule has 38 heavy (non-hydrogen) atoms. The standard InChI is InChI=1S/C32H39N5O/c1-22-18-25(19-23(2)30(22)38-21-24-10-6-5-7-11-24)20-33-26-14-16-27(17-15-26)34-32-35-29-13-9-8-12-28(29)31(36-32)37(3)4/h5-13,18-19,26-27,33H,14-17,20-21H2,1-4H3,(H,34,35,36). The van der Waals surface area contributed by atoms with Crippen LogP contribution in [0, 0.1) is 13.8 Å². The number of rotatable bonds is 9. The van der Waals surface area contributed by atoms with Gasteiger partial charge in [-0.3, -0.25) is 0 Å². The van der Waals surface area contributed by atoms with Gasteiger partial charge in [0.1, 0.15) is 18.2 Å². The summed E-state index contributed by atoms with van der Waals surface area (Å²) in [4.78, 5) is 11.7. The Hall–Kier alpha value is -3.64. The fourth-order valence-electron chi connectivity index (χ4n) is 5.45. The van der Waals surface area contributed by atoms with Crippen LogP contribution < -0.4 is 20.3 Å². The monoisotopic (exact) mass is 509 g/mol. The van der Waals surface area contributed by atoms with Crippen molar-refractivity contribution in [2.75, 3.05) is 24.3 Å². The van der Waals surface area contributed by atoms with E-state index in [1.54, 1.807) is 0 Å². The van der Waals surface area contributed by atoms with E-state index in [0.717, 1.165) is 60.6 Å². The van der Waals surface area contributed by atoms with Gasteiger partial charge in [0.15, 0.2) is 0 Å². The first-order valence-electron chi connectivity index (χ1n) is 13.7. The average Bonchev–Trinajstić information content (AvgIpc) is 2.92. The Labute approximate surface area is 226 Å². The molecule has 5 rings (SSSR count). The number of fused-ring (bicyclic) bond motifs is 1. The summed E-state index contributed by atoms with van der Waals surface area (Å²) in [6.45, 7) is 5.76. The van der Waals surface area contributed by atoms with E-state index in [2.05, 4.69) is 77.9 Å². The number of para-hydroxylation sites is 1. The highest BCUT2D eigenvalue weighted by Crippen LogP contribution is 2.28. The molecule has 0 unspecified atom stereocenters. The number of benzene rings is 3. The molecule has 0 amide bonds. The summed E-state index contributed by atoms with van der Waals surface area (Å²) in [5, 5.41) is 8.49. The van der Waals surface area contributed by atoms with Crippen molar-refractivity contribution in [2.24, 2.45) is 0 Å². The highest BCUT2D eigenvalue weighted by molar-refractivity contribution is 5.90. The Kier molecular flexibility index (Phi) is 8.08. The zero-order valence-electron chi connectivity index (χ0n) is 23.0. The van der Waals surface area contributed by atoms with E-state index >= 15 is 0 Å². The van der Waals surface area contributed by atoms with Crippen molar-refractivity contribution in [2.45, 2.75) is 64.8 Å². The normalized spacial score (nSPS) is 17.4. The number of ether oxygens (including phenoxy) is 1. The Morgan fingerprint density at radius 3 is 2.18 bits per heavy atom. The van der Waals surface area contributed by atoms with E-state index in [0.29, 0.717) is 18.7 Å². The lowest BCUT2D eigenvalue weighted by molar-refractivity contribution is 0.301. The Morgan fingerprint density at radius 2 is 1.47 bits per heavy atom. The molecule has 3 aromatic carbocycles. The summed E-state index contributed by atoms with van der Waals surface area (Å²) in [5.74, 6) is 2.68. The van der Waals surface area contributed by atoms with Gasteiger partial charge in [-0.1, -0.05) is 54.6 Å². The topological polar surface area (TPSA) is 62.3 Å². The molecule has 0 radical (unpaired) electrons. The first-order chi connectivity index (χ1) is 18.5. The maximum Gasteiger partial charge on any atom is 0.225 e. The van der Waals surface area contributed by atoms with Crippen molar-refractivity contribution in [1.29, 1.82) is 0 Å². The van der Waals surface area contributed by atoms with Crippen molar-refractivity contribution in [1.82, 2.24) is 15.3 Å². The van der Waals surface area contributed by atoms with Crippen LogP contribution in [0.2, 0.25) is 0 Å². The van der Waals surface area contributed by atoms with Crippen LogP contribution in [0.4, 0.5) is 11.8 Å². The third kappa shape index (κ3) is 6.25. The molecule has 2 N–H and O–H groups in total. The number of hydrogen-bond donors (Lipinski definition) is 2. The molecule has 6 nitrogen and oxygen atoms in total. The van der Waals surface area contributed by atoms with Crippen LogP contribution in [-0.4, -0.2) is 36.1 Å². The molecule has 1 fully saturated rings. The second-order valence-corrected chi connectivity index (χ2v) is 10.7. The molecule has 0 atom stereocenters.